The fourth-order valence-electron chi connectivity index (χ4n) is 3.47. The van der Waals surface area contributed by atoms with Crippen molar-refractivity contribution in [2.75, 3.05) is 47.5 Å². The maximum Gasteiger partial charge on any atom is 0.246 e. The topological polar surface area (TPSA) is 94.3 Å². The molecule has 8 nitrogen and oxygen atoms in total. The van der Waals surface area contributed by atoms with E-state index in [1.165, 1.54) is 11.6 Å². The van der Waals surface area contributed by atoms with E-state index in [1.54, 1.807) is 56.3 Å². The number of piperazine rings is 1. The van der Waals surface area contributed by atoms with Crippen molar-refractivity contribution in [1.82, 2.24) is 9.80 Å². The van der Waals surface area contributed by atoms with E-state index < -0.39 is 0 Å². The van der Waals surface area contributed by atoms with Gasteiger partial charge in [0, 0.05) is 45.2 Å². The van der Waals surface area contributed by atoms with Gasteiger partial charge in [0.1, 0.15) is 0 Å². The van der Waals surface area contributed by atoms with E-state index in [0.717, 1.165) is 5.56 Å². The summed E-state index contributed by atoms with van der Waals surface area (Å²) < 4.78 is 15.9. The number of benzene rings is 2. The molecule has 1 aliphatic rings. The number of nitrogens with two attached hydrogens (primary N) is 1. The molecule has 0 saturated carbocycles. The normalized spacial score (nSPS) is 14.2. The van der Waals surface area contributed by atoms with E-state index in [2.05, 4.69) is 0 Å². The van der Waals surface area contributed by atoms with Crippen LogP contribution in [0.25, 0.3) is 6.08 Å². The minimum atomic E-state index is -0.0862. The monoisotopic (exact) mass is 469 g/mol. The van der Waals surface area contributed by atoms with Crippen LogP contribution >= 0.6 is 0 Å². The van der Waals surface area contributed by atoms with Gasteiger partial charge in [-0.3, -0.25) is 9.59 Å². The smallest absolute Gasteiger partial charge is 0.246 e. The molecule has 2 N–H and O–H groups in total. The third-order valence-corrected chi connectivity index (χ3v) is 5.47. The molecule has 0 aliphatic carbocycles. The molecule has 3 rings (SSSR count). The molecule has 0 spiro atoms. The van der Waals surface area contributed by atoms with Gasteiger partial charge in [0.25, 0.3) is 0 Å². The van der Waals surface area contributed by atoms with Crippen LogP contribution in [0.15, 0.2) is 48.5 Å². The number of amides is 2. The lowest BCUT2D eigenvalue weighted by atomic mass is 10.1. The van der Waals surface area contributed by atoms with E-state index in [-0.39, 0.29) is 17.9 Å². The number of ether oxygens (including phenoxy) is 3. The number of carbonyl (C=O) groups excluding carboxylic acids is 2. The number of carbonyl (C=O) groups is 2. The van der Waals surface area contributed by atoms with Crippen molar-refractivity contribution in [3.05, 3.63) is 59.7 Å². The standard InChI is InChI=1S/C18H24N2O5.C8H11N/c1-13(21)19-7-9-20(10-8-19)17(22)6-5-14-11-15(23-2)18(25-4)16(12-14)24-3;1-7(9)8-5-3-2-4-6-8/h5-6,11-12H,7-10H2,1-4H3;2-7H,9H2,1H3. The second-order valence-corrected chi connectivity index (χ2v) is 7.82. The van der Waals surface area contributed by atoms with E-state index in [9.17, 15) is 9.59 Å². The quantitative estimate of drug-likeness (QED) is 0.654. The van der Waals surface area contributed by atoms with Crippen LogP contribution in [-0.2, 0) is 9.59 Å². The van der Waals surface area contributed by atoms with Gasteiger partial charge in [-0.2, -0.15) is 0 Å². The van der Waals surface area contributed by atoms with Crippen molar-refractivity contribution in [3.8, 4) is 17.2 Å². The van der Waals surface area contributed by atoms with Gasteiger partial charge in [-0.25, -0.2) is 0 Å². The molecule has 1 saturated heterocycles. The predicted molar refractivity (Wildman–Crippen MR) is 133 cm³/mol. The molecule has 0 radical (unpaired) electrons. The SMILES string of the molecule is CC(N)c1ccccc1.COc1cc(C=CC(=O)N2CCN(C(C)=O)CC2)cc(OC)c1OC. The molecular formula is C26H35N3O5. The van der Waals surface area contributed by atoms with Gasteiger partial charge in [0.05, 0.1) is 21.3 Å². The van der Waals surface area contributed by atoms with Crippen LogP contribution in [0, 0.1) is 0 Å². The van der Waals surface area contributed by atoms with Crippen LogP contribution in [0.1, 0.15) is 31.0 Å². The van der Waals surface area contributed by atoms with Crippen molar-refractivity contribution < 1.29 is 23.8 Å². The summed E-state index contributed by atoms with van der Waals surface area (Å²) in [5.41, 5.74) is 7.57. The molecule has 0 aromatic heterocycles. The van der Waals surface area contributed by atoms with Crippen LogP contribution < -0.4 is 19.9 Å². The van der Waals surface area contributed by atoms with Gasteiger partial charge in [0.15, 0.2) is 11.5 Å². The molecule has 8 heteroatoms. The largest absolute Gasteiger partial charge is 0.493 e. The molecule has 2 aromatic carbocycles. The van der Waals surface area contributed by atoms with Gasteiger partial charge < -0.3 is 29.7 Å². The molecule has 2 aromatic rings. The highest BCUT2D eigenvalue weighted by Crippen LogP contribution is 2.38. The van der Waals surface area contributed by atoms with Crippen molar-refractivity contribution in [1.29, 1.82) is 0 Å². The van der Waals surface area contributed by atoms with Crippen molar-refractivity contribution in [2.24, 2.45) is 5.73 Å². The molecule has 1 aliphatic heterocycles. The highest BCUT2D eigenvalue weighted by atomic mass is 16.5. The molecule has 1 heterocycles. The van der Waals surface area contributed by atoms with Gasteiger partial charge in [0.2, 0.25) is 17.6 Å². The van der Waals surface area contributed by atoms with Crippen molar-refractivity contribution >= 4 is 17.9 Å². The summed E-state index contributed by atoms with van der Waals surface area (Å²) >= 11 is 0. The molecule has 34 heavy (non-hydrogen) atoms. The highest BCUT2D eigenvalue weighted by molar-refractivity contribution is 5.92. The molecule has 1 atom stereocenters. The lowest BCUT2D eigenvalue weighted by Gasteiger charge is -2.33. The Kier molecular flexibility index (Phi) is 10.4. The fourth-order valence-corrected chi connectivity index (χ4v) is 3.47. The zero-order valence-corrected chi connectivity index (χ0v) is 20.6. The van der Waals surface area contributed by atoms with E-state index in [1.807, 2.05) is 37.3 Å². The second-order valence-electron chi connectivity index (χ2n) is 7.82. The summed E-state index contributed by atoms with van der Waals surface area (Å²) in [5.74, 6) is 1.53. The fraction of sp³-hybridized carbons (Fsp3) is 0.385. The lowest BCUT2D eigenvalue weighted by Crippen LogP contribution is -2.49. The highest BCUT2D eigenvalue weighted by Gasteiger charge is 2.21. The van der Waals surface area contributed by atoms with Crippen LogP contribution in [0.4, 0.5) is 0 Å². The van der Waals surface area contributed by atoms with E-state index in [0.29, 0.717) is 43.4 Å². The van der Waals surface area contributed by atoms with E-state index in [4.69, 9.17) is 19.9 Å². The molecule has 0 bridgehead atoms. The molecule has 1 fully saturated rings. The van der Waals surface area contributed by atoms with Gasteiger partial charge in [-0.15, -0.1) is 0 Å². The third kappa shape index (κ3) is 7.52. The molecule has 2 amide bonds. The maximum absolute atomic E-state index is 12.3. The number of hydrogen-bond donors (Lipinski definition) is 1. The number of rotatable bonds is 6. The number of hydrogen-bond acceptors (Lipinski definition) is 6. The van der Waals surface area contributed by atoms with Crippen LogP contribution in [0.3, 0.4) is 0 Å². The molecule has 184 valence electrons. The van der Waals surface area contributed by atoms with Crippen LogP contribution in [0.2, 0.25) is 0 Å². The lowest BCUT2D eigenvalue weighted by molar-refractivity contribution is -0.135. The Balaban J connectivity index is 0.000000379. The summed E-state index contributed by atoms with van der Waals surface area (Å²) in [6, 6.07) is 13.8. The predicted octanol–water partition coefficient (Wildman–Crippen LogP) is 3.12. The third-order valence-electron chi connectivity index (χ3n) is 5.47. The van der Waals surface area contributed by atoms with Crippen LogP contribution in [-0.4, -0.2) is 69.1 Å². The van der Waals surface area contributed by atoms with Gasteiger partial charge in [-0.05, 0) is 36.3 Å². The summed E-state index contributed by atoms with van der Waals surface area (Å²) in [4.78, 5) is 27.1. The average molecular weight is 470 g/mol. The Labute approximate surface area is 201 Å². The summed E-state index contributed by atoms with van der Waals surface area (Å²) in [5, 5.41) is 0. The van der Waals surface area contributed by atoms with Crippen LogP contribution in [0.5, 0.6) is 17.2 Å². The summed E-state index contributed by atoms with van der Waals surface area (Å²) in [7, 11) is 4.63. The Morgan fingerprint density at radius 3 is 1.85 bits per heavy atom. The maximum atomic E-state index is 12.3. The zero-order chi connectivity index (χ0) is 25.1. The minimum Gasteiger partial charge on any atom is -0.493 e. The van der Waals surface area contributed by atoms with Crippen molar-refractivity contribution in [2.45, 2.75) is 19.9 Å². The second kappa shape index (κ2) is 13.3. The van der Waals surface area contributed by atoms with E-state index >= 15 is 0 Å². The molecule has 1 unspecified atom stereocenters. The summed E-state index contributed by atoms with van der Waals surface area (Å²) in [6.45, 7) is 5.74. The Hall–Kier alpha value is -3.52. The first-order chi connectivity index (χ1) is 16.3. The first-order valence-electron chi connectivity index (χ1n) is 11.1. The van der Waals surface area contributed by atoms with Gasteiger partial charge in [-0.1, -0.05) is 30.3 Å². The minimum absolute atomic E-state index is 0.0417. The van der Waals surface area contributed by atoms with Crippen molar-refractivity contribution in [3.63, 3.8) is 0 Å². The molecular weight excluding hydrogens is 434 g/mol. The first kappa shape index (κ1) is 26.7. The average Bonchev–Trinajstić information content (AvgIpc) is 2.87. The Morgan fingerprint density at radius 1 is 0.912 bits per heavy atom. The first-order valence-corrected chi connectivity index (χ1v) is 11.1. The Bertz CT molecular complexity index is 943. The Morgan fingerprint density at radius 2 is 1.44 bits per heavy atom. The number of methoxy groups -OCH3 is 3. The van der Waals surface area contributed by atoms with Gasteiger partial charge >= 0.3 is 0 Å². The summed E-state index contributed by atoms with van der Waals surface area (Å²) in [6.07, 6.45) is 3.23. The number of nitrogens with zero attached hydrogens (tertiary/aromatic N) is 2. The zero-order valence-electron chi connectivity index (χ0n) is 20.6.